The van der Waals surface area contributed by atoms with Gasteiger partial charge in [-0.1, -0.05) is 0 Å². The smallest absolute Gasteiger partial charge is 0.196 e. The lowest BCUT2D eigenvalue weighted by Gasteiger charge is -2.26. The first-order valence-electron chi connectivity index (χ1n) is 4.71. The number of Topliss-reactive ketones (excluding diaryl/α,β-unsaturated/α-hetero) is 1. The molecule has 0 amide bonds. The van der Waals surface area contributed by atoms with Crippen LogP contribution in [0.1, 0.15) is 17.5 Å². The van der Waals surface area contributed by atoms with E-state index in [2.05, 4.69) is 4.90 Å². The molecule has 76 valence electrons. The van der Waals surface area contributed by atoms with Crippen molar-refractivity contribution < 1.29 is 13.9 Å². The first kappa shape index (κ1) is 9.27. The van der Waals surface area contributed by atoms with Gasteiger partial charge in [-0.15, -0.1) is 0 Å². The molecule has 1 aromatic heterocycles. The van der Waals surface area contributed by atoms with Gasteiger partial charge in [0, 0.05) is 26.1 Å². The largest absolute Gasteiger partial charge is 0.437 e. The van der Waals surface area contributed by atoms with Crippen LogP contribution in [-0.4, -0.2) is 32.1 Å². The van der Waals surface area contributed by atoms with E-state index in [0.29, 0.717) is 5.76 Å². The maximum absolute atomic E-state index is 11.0. The van der Waals surface area contributed by atoms with E-state index in [1.54, 1.807) is 6.07 Å². The highest BCUT2D eigenvalue weighted by molar-refractivity contribution is 5.91. The van der Waals surface area contributed by atoms with E-state index in [1.807, 2.05) is 6.07 Å². The van der Waals surface area contributed by atoms with Crippen LogP contribution in [0.4, 0.5) is 5.88 Å². The van der Waals surface area contributed by atoms with Gasteiger partial charge in [-0.05, 0) is 6.07 Å². The maximum atomic E-state index is 11.0. The lowest BCUT2D eigenvalue weighted by molar-refractivity contribution is 0.0985. The van der Waals surface area contributed by atoms with E-state index in [1.165, 1.54) is 6.92 Å². The molecule has 0 saturated carbocycles. The molecule has 1 aliphatic heterocycles. The van der Waals surface area contributed by atoms with Crippen LogP contribution in [0.5, 0.6) is 0 Å². The molecule has 0 aliphatic carbocycles. The quantitative estimate of drug-likeness (QED) is 0.667. The van der Waals surface area contributed by atoms with Gasteiger partial charge in [0.25, 0.3) is 0 Å². The Bertz CT molecular complexity index is 326. The van der Waals surface area contributed by atoms with E-state index < -0.39 is 0 Å². The van der Waals surface area contributed by atoms with Crippen molar-refractivity contribution in [3.63, 3.8) is 0 Å². The topological polar surface area (TPSA) is 42.7 Å². The van der Waals surface area contributed by atoms with E-state index in [9.17, 15) is 4.79 Å². The predicted octanol–water partition coefficient (Wildman–Crippen LogP) is 1.32. The van der Waals surface area contributed by atoms with Gasteiger partial charge in [0.15, 0.2) is 17.4 Å². The number of carbonyl (C=O) groups is 1. The van der Waals surface area contributed by atoms with Crippen LogP contribution in [-0.2, 0) is 4.74 Å². The Labute approximate surface area is 82.4 Å². The van der Waals surface area contributed by atoms with E-state index in [-0.39, 0.29) is 5.78 Å². The Morgan fingerprint density at radius 3 is 2.64 bits per heavy atom. The Morgan fingerprint density at radius 1 is 1.36 bits per heavy atom. The highest BCUT2D eigenvalue weighted by Gasteiger charge is 2.15. The molecule has 4 nitrogen and oxygen atoms in total. The molecular formula is C10H13NO3. The third-order valence-electron chi connectivity index (χ3n) is 2.26. The van der Waals surface area contributed by atoms with Crippen LogP contribution in [0.3, 0.4) is 0 Å². The third kappa shape index (κ3) is 1.80. The second-order valence-corrected chi connectivity index (χ2v) is 3.29. The number of rotatable bonds is 2. The molecule has 1 fully saturated rings. The summed E-state index contributed by atoms with van der Waals surface area (Å²) in [6.45, 7) is 4.59. The SMILES string of the molecule is CC(=O)c1ccc(N2CCOCC2)o1. The molecule has 1 aliphatic rings. The summed E-state index contributed by atoms with van der Waals surface area (Å²) < 4.78 is 10.6. The minimum atomic E-state index is -0.0375. The number of morpholine rings is 1. The van der Waals surface area contributed by atoms with E-state index in [4.69, 9.17) is 9.15 Å². The zero-order valence-corrected chi connectivity index (χ0v) is 8.16. The molecule has 0 atom stereocenters. The first-order valence-corrected chi connectivity index (χ1v) is 4.71. The van der Waals surface area contributed by atoms with Crippen molar-refractivity contribution >= 4 is 11.7 Å². The average Bonchev–Trinajstić information content (AvgIpc) is 2.68. The summed E-state index contributed by atoms with van der Waals surface area (Å²) in [4.78, 5) is 13.1. The molecule has 0 bridgehead atoms. The van der Waals surface area contributed by atoms with Crippen molar-refractivity contribution in [2.24, 2.45) is 0 Å². The zero-order valence-electron chi connectivity index (χ0n) is 8.16. The fourth-order valence-electron chi connectivity index (χ4n) is 1.47. The van der Waals surface area contributed by atoms with Gasteiger partial charge in [0.1, 0.15) is 0 Å². The van der Waals surface area contributed by atoms with Gasteiger partial charge >= 0.3 is 0 Å². The van der Waals surface area contributed by atoms with E-state index in [0.717, 1.165) is 32.2 Å². The zero-order chi connectivity index (χ0) is 9.97. The van der Waals surface area contributed by atoms with Crippen molar-refractivity contribution in [3.8, 4) is 0 Å². The van der Waals surface area contributed by atoms with Crippen LogP contribution in [0.25, 0.3) is 0 Å². The fraction of sp³-hybridized carbons (Fsp3) is 0.500. The number of anilines is 1. The maximum Gasteiger partial charge on any atom is 0.196 e. The van der Waals surface area contributed by atoms with Crippen molar-refractivity contribution in [1.82, 2.24) is 0 Å². The summed E-state index contributed by atoms with van der Waals surface area (Å²) in [7, 11) is 0. The van der Waals surface area contributed by atoms with Gasteiger partial charge in [-0.3, -0.25) is 4.79 Å². The molecular weight excluding hydrogens is 182 g/mol. The highest BCUT2D eigenvalue weighted by Crippen LogP contribution is 2.19. The van der Waals surface area contributed by atoms with Crippen molar-refractivity contribution in [1.29, 1.82) is 0 Å². The third-order valence-corrected chi connectivity index (χ3v) is 2.26. The van der Waals surface area contributed by atoms with Gasteiger partial charge in [-0.2, -0.15) is 0 Å². The summed E-state index contributed by atoms with van der Waals surface area (Å²) in [5.41, 5.74) is 0. The van der Waals surface area contributed by atoms with Crippen LogP contribution in [0.2, 0.25) is 0 Å². The summed E-state index contributed by atoms with van der Waals surface area (Å²) in [6, 6.07) is 3.55. The van der Waals surface area contributed by atoms with Crippen molar-refractivity contribution in [3.05, 3.63) is 17.9 Å². The molecule has 1 aromatic rings. The summed E-state index contributed by atoms with van der Waals surface area (Å²) in [6.07, 6.45) is 0. The molecule has 0 radical (unpaired) electrons. The Balaban J connectivity index is 2.11. The minimum absolute atomic E-state index is 0.0375. The Hall–Kier alpha value is -1.29. The number of furan rings is 1. The second kappa shape index (κ2) is 3.84. The Kier molecular flexibility index (Phi) is 2.54. The molecule has 14 heavy (non-hydrogen) atoms. The van der Waals surface area contributed by atoms with E-state index >= 15 is 0 Å². The average molecular weight is 195 g/mol. The summed E-state index contributed by atoms with van der Waals surface area (Å²) in [5.74, 6) is 1.15. The highest BCUT2D eigenvalue weighted by atomic mass is 16.5. The standard InChI is InChI=1S/C10H13NO3/c1-8(12)9-2-3-10(14-9)11-4-6-13-7-5-11/h2-3H,4-7H2,1H3. The number of hydrogen-bond donors (Lipinski definition) is 0. The van der Waals surface area contributed by atoms with Gasteiger partial charge in [0.2, 0.25) is 0 Å². The second-order valence-electron chi connectivity index (χ2n) is 3.29. The number of carbonyl (C=O) groups excluding carboxylic acids is 1. The van der Waals surface area contributed by atoms with Crippen LogP contribution >= 0.6 is 0 Å². The van der Waals surface area contributed by atoms with Crippen molar-refractivity contribution in [2.75, 3.05) is 31.2 Å². The first-order chi connectivity index (χ1) is 6.77. The Morgan fingerprint density at radius 2 is 2.07 bits per heavy atom. The normalized spacial score (nSPS) is 17.1. The van der Waals surface area contributed by atoms with Gasteiger partial charge < -0.3 is 14.1 Å². The van der Waals surface area contributed by atoms with Gasteiger partial charge in [-0.25, -0.2) is 0 Å². The lowest BCUT2D eigenvalue weighted by Crippen LogP contribution is -2.35. The lowest BCUT2D eigenvalue weighted by atomic mass is 10.3. The fourth-order valence-corrected chi connectivity index (χ4v) is 1.47. The molecule has 2 rings (SSSR count). The van der Waals surface area contributed by atoms with Crippen LogP contribution < -0.4 is 4.90 Å². The summed E-state index contributed by atoms with van der Waals surface area (Å²) in [5, 5.41) is 0. The van der Waals surface area contributed by atoms with Crippen LogP contribution in [0, 0.1) is 0 Å². The number of nitrogens with zero attached hydrogens (tertiary/aromatic N) is 1. The molecule has 0 spiro atoms. The monoisotopic (exact) mass is 195 g/mol. The van der Waals surface area contributed by atoms with Crippen molar-refractivity contribution in [2.45, 2.75) is 6.92 Å². The number of hydrogen-bond acceptors (Lipinski definition) is 4. The van der Waals surface area contributed by atoms with Gasteiger partial charge in [0.05, 0.1) is 13.2 Å². The molecule has 0 N–H and O–H groups in total. The molecule has 0 aromatic carbocycles. The number of ether oxygens (including phenoxy) is 1. The minimum Gasteiger partial charge on any atom is -0.437 e. The summed E-state index contributed by atoms with van der Waals surface area (Å²) >= 11 is 0. The van der Waals surface area contributed by atoms with Crippen LogP contribution in [0.15, 0.2) is 16.5 Å². The molecule has 1 saturated heterocycles. The molecule has 0 unspecified atom stereocenters. The molecule has 2 heterocycles. The molecule has 4 heteroatoms. The predicted molar refractivity (Wildman–Crippen MR) is 51.7 cm³/mol. The number of ketones is 1.